The van der Waals surface area contributed by atoms with Gasteiger partial charge in [-0.2, -0.15) is 0 Å². The number of rotatable bonds is 4. The molecule has 3 N–H and O–H groups in total. The quantitative estimate of drug-likeness (QED) is 0.790. The van der Waals surface area contributed by atoms with Crippen molar-refractivity contribution in [3.63, 3.8) is 0 Å². The number of carbonyl (C=O) groups is 2. The molecule has 2 amide bonds. The van der Waals surface area contributed by atoms with Crippen molar-refractivity contribution in [1.82, 2.24) is 5.32 Å². The van der Waals surface area contributed by atoms with Gasteiger partial charge in [-0.15, -0.1) is 0 Å². The Balaban J connectivity index is 1.77. The van der Waals surface area contributed by atoms with Gasteiger partial charge in [0, 0.05) is 12.2 Å². The SMILES string of the molecule is O=C(NCC1CCCCC1)Nc1ccc(C(=O)O)cc1. The summed E-state index contributed by atoms with van der Waals surface area (Å²) in [5, 5.41) is 14.4. The van der Waals surface area contributed by atoms with E-state index in [1.54, 1.807) is 12.1 Å². The van der Waals surface area contributed by atoms with E-state index in [2.05, 4.69) is 10.6 Å². The molecule has 5 nitrogen and oxygen atoms in total. The molecular weight excluding hydrogens is 256 g/mol. The van der Waals surface area contributed by atoms with E-state index in [1.807, 2.05) is 0 Å². The van der Waals surface area contributed by atoms with Crippen molar-refractivity contribution in [2.75, 3.05) is 11.9 Å². The lowest BCUT2D eigenvalue weighted by Gasteiger charge is -2.21. The molecule has 0 heterocycles. The third-order valence-electron chi connectivity index (χ3n) is 3.67. The van der Waals surface area contributed by atoms with Crippen molar-refractivity contribution < 1.29 is 14.7 Å². The van der Waals surface area contributed by atoms with Gasteiger partial charge < -0.3 is 15.7 Å². The lowest BCUT2D eigenvalue weighted by atomic mass is 9.89. The first-order valence-electron chi connectivity index (χ1n) is 7.03. The zero-order chi connectivity index (χ0) is 14.4. The van der Waals surface area contributed by atoms with E-state index in [0.29, 0.717) is 18.2 Å². The number of carboxylic acids is 1. The molecule has 1 aromatic carbocycles. The molecule has 5 heteroatoms. The molecule has 1 aliphatic carbocycles. The fraction of sp³-hybridized carbons (Fsp3) is 0.467. The molecule has 0 saturated heterocycles. The average molecular weight is 276 g/mol. The van der Waals surface area contributed by atoms with Crippen LogP contribution in [0.1, 0.15) is 42.5 Å². The molecule has 1 aromatic rings. The molecule has 0 aromatic heterocycles. The number of carboxylic acid groups (broad SMARTS) is 1. The Morgan fingerprint density at radius 3 is 2.35 bits per heavy atom. The van der Waals surface area contributed by atoms with Gasteiger partial charge in [0.1, 0.15) is 0 Å². The predicted molar refractivity (Wildman–Crippen MR) is 77.0 cm³/mol. The second-order valence-electron chi connectivity index (χ2n) is 5.22. The van der Waals surface area contributed by atoms with E-state index in [9.17, 15) is 9.59 Å². The second-order valence-corrected chi connectivity index (χ2v) is 5.22. The Labute approximate surface area is 118 Å². The maximum absolute atomic E-state index is 11.7. The largest absolute Gasteiger partial charge is 0.478 e. The van der Waals surface area contributed by atoms with Crippen LogP contribution in [0.15, 0.2) is 24.3 Å². The topological polar surface area (TPSA) is 78.4 Å². The highest BCUT2D eigenvalue weighted by atomic mass is 16.4. The van der Waals surface area contributed by atoms with Crippen LogP contribution in [-0.2, 0) is 0 Å². The number of urea groups is 1. The van der Waals surface area contributed by atoms with Crippen LogP contribution < -0.4 is 10.6 Å². The number of aromatic carboxylic acids is 1. The van der Waals surface area contributed by atoms with Crippen LogP contribution in [0.4, 0.5) is 10.5 Å². The van der Waals surface area contributed by atoms with E-state index in [0.717, 1.165) is 0 Å². The molecule has 0 atom stereocenters. The molecule has 0 unspecified atom stereocenters. The minimum absolute atomic E-state index is 0.207. The number of carbonyl (C=O) groups excluding carboxylic acids is 1. The number of hydrogen-bond acceptors (Lipinski definition) is 2. The molecule has 1 aliphatic rings. The fourth-order valence-electron chi connectivity index (χ4n) is 2.50. The van der Waals surface area contributed by atoms with Crippen molar-refractivity contribution >= 4 is 17.7 Å². The first kappa shape index (κ1) is 14.4. The van der Waals surface area contributed by atoms with Crippen molar-refractivity contribution in [1.29, 1.82) is 0 Å². The van der Waals surface area contributed by atoms with E-state index >= 15 is 0 Å². The summed E-state index contributed by atoms with van der Waals surface area (Å²) in [5.74, 6) is -0.387. The van der Waals surface area contributed by atoms with Crippen LogP contribution in [0, 0.1) is 5.92 Å². The highest BCUT2D eigenvalue weighted by molar-refractivity contribution is 5.91. The third kappa shape index (κ3) is 4.26. The molecule has 108 valence electrons. The average Bonchev–Trinajstić information content (AvgIpc) is 2.47. The van der Waals surface area contributed by atoms with Crippen LogP contribution in [0.3, 0.4) is 0 Å². The van der Waals surface area contributed by atoms with Crippen LogP contribution in [0.2, 0.25) is 0 Å². The molecule has 1 fully saturated rings. The molecular formula is C15H20N2O3. The summed E-state index contributed by atoms with van der Waals surface area (Å²) in [4.78, 5) is 22.4. The van der Waals surface area contributed by atoms with Crippen molar-refractivity contribution in [2.45, 2.75) is 32.1 Å². The number of nitrogens with one attached hydrogen (secondary N) is 2. The molecule has 0 spiro atoms. The number of hydrogen-bond donors (Lipinski definition) is 3. The predicted octanol–water partition coefficient (Wildman–Crippen LogP) is 3.09. The normalized spacial score (nSPS) is 15.6. The lowest BCUT2D eigenvalue weighted by molar-refractivity contribution is 0.0697. The number of amides is 2. The van der Waals surface area contributed by atoms with E-state index in [1.165, 1.54) is 44.2 Å². The number of benzene rings is 1. The van der Waals surface area contributed by atoms with Gasteiger partial charge in [0.15, 0.2) is 0 Å². The maximum Gasteiger partial charge on any atom is 0.335 e. The van der Waals surface area contributed by atoms with Crippen molar-refractivity contribution in [2.24, 2.45) is 5.92 Å². The minimum atomic E-state index is -0.974. The standard InChI is InChI=1S/C15H20N2O3/c18-14(19)12-6-8-13(9-7-12)17-15(20)16-10-11-4-2-1-3-5-11/h6-9,11H,1-5,10H2,(H,18,19)(H2,16,17,20). The van der Waals surface area contributed by atoms with E-state index < -0.39 is 5.97 Å². The Morgan fingerprint density at radius 1 is 1.10 bits per heavy atom. The van der Waals surface area contributed by atoms with Crippen LogP contribution in [0.25, 0.3) is 0 Å². The highest BCUT2D eigenvalue weighted by Gasteiger charge is 2.14. The van der Waals surface area contributed by atoms with Crippen molar-refractivity contribution in [3.05, 3.63) is 29.8 Å². The van der Waals surface area contributed by atoms with Gasteiger partial charge in [0.25, 0.3) is 0 Å². The molecule has 0 aliphatic heterocycles. The van der Waals surface area contributed by atoms with Gasteiger partial charge in [-0.25, -0.2) is 9.59 Å². The summed E-state index contributed by atoms with van der Waals surface area (Å²) >= 11 is 0. The van der Waals surface area contributed by atoms with E-state index in [-0.39, 0.29) is 11.6 Å². The molecule has 2 rings (SSSR count). The Hall–Kier alpha value is -2.04. The minimum Gasteiger partial charge on any atom is -0.478 e. The first-order valence-corrected chi connectivity index (χ1v) is 7.03. The van der Waals surface area contributed by atoms with Crippen LogP contribution in [0.5, 0.6) is 0 Å². The van der Waals surface area contributed by atoms with Gasteiger partial charge in [-0.3, -0.25) is 0 Å². The molecule has 20 heavy (non-hydrogen) atoms. The zero-order valence-corrected chi connectivity index (χ0v) is 11.4. The molecule has 0 radical (unpaired) electrons. The summed E-state index contributed by atoms with van der Waals surface area (Å²) < 4.78 is 0. The first-order chi connectivity index (χ1) is 9.65. The van der Waals surface area contributed by atoms with Gasteiger partial charge >= 0.3 is 12.0 Å². The maximum atomic E-state index is 11.7. The van der Waals surface area contributed by atoms with Crippen LogP contribution in [-0.4, -0.2) is 23.7 Å². The summed E-state index contributed by atoms with van der Waals surface area (Å²) in [6.07, 6.45) is 6.19. The highest BCUT2D eigenvalue weighted by Crippen LogP contribution is 2.22. The fourth-order valence-corrected chi connectivity index (χ4v) is 2.50. The zero-order valence-electron chi connectivity index (χ0n) is 11.4. The second kappa shape index (κ2) is 6.93. The smallest absolute Gasteiger partial charge is 0.335 e. The number of anilines is 1. The monoisotopic (exact) mass is 276 g/mol. The van der Waals surface area contributed by atoms with Gasteiger partial charge in [0.2, 0.25) is 0 Å². The van der Waals surface area contributed by atoms with Gasteiger partial charge in [-0.05, 0) is 43.0 Å². The van der Waals surface area contributed by atoms with Crippen LogP contribution >= 0.6 is 0 Å². The molecule has 1 saturated carbocycles. The van der Waals surface area contributed by atoms with Gasteiger partial charge in [-0.1, -0.05) is 19.3 Å². The lowest BCUT2D eigenvalue weighted by Crippen LogP contribution is -2.33. The summed E-state index contributed by atoms with van der Waals surface area (Å²) in [5.41, 5.74) is 0.800. The summed E-state index contributed by atoms with van der Waals surface area (Å²) in [6.45, 7) is 0.707. The third-order valence-corrected chi connectivity index (χ3v) is 3.67. The Bertz CT molecular complexity index is 465. The van der Waals surface area contributed by atoms with Crippen molar-refractivity contribution in [3.8, 4) is 0 Å². The van der Waals surface area contributed by atoms with Gasteiger partial charge in [0.05, 0.1) is 5.56 Å². The summed E-state index contributed by atoms with van der Waals surface area (Å²) in [7, 11) is 0. The van der Waals surface area contributed by atoms with E-state index in [4.69, 9.17) is 5.11 Å². The Kier molecular flexibility index (Phi) is 4.98. The summed E-state index contributed by atoms with van der Waals surface area (Å²) in [6, 6.07) is 5.88. The Morgan fingerprint density at radius 2 is 1.75 bits per heavy atom. The molecule has 0 bridgehead atoms.